The van der Waals surface area contributed by atoms with Gasteiger partial charge in [-0.25, -0.2) is 4.98 Å². The van der Waals surface area contributed by atoms with E-state index in [1.807, 2.05) is 11.8 Å². The number of rotatable bonds is 5. The molecule has 11 heteroatoms. The summed E-state index contributed by atoms with van der Waals surface area (Å²) in [5.74, 6) is 0.178. The molecule has 0 radical (unpaired) electrons. The molecule has 0 aromatic carbocycles. The first-order valence-corrected chi connectivity index (χ1v) is 8.95. The van der Waals surface area contributed by atoms with E-state index in [2.05, 4.69) is 20.4 Å². The van der Waals surface area contributed by atoms with E-state index >= 15 is 0 Å². The van der Waals surface area contributed by atoms with E-state index in [9.17, 15) is 18.0 Å². The summed E-state index contributed by atoms with van der Waals surface area (Å²) in [5.41, 5.74) is 0.744. The third kappa shape index (κ3) is 4.90. The second-order valence-electron chi connectivity index (χ2n) is 6.65. The second-order valence-corrected chi connectivity index (χ2v) is 6.65. The topological polar surface area (TPSA) is 79.2 Å². The lowest BCUT2D eigenvalue weighted by Crippen LogP contribution is -2.55. The van der Waals surface area contributed by atoms with Gasteiger partial charge in [0.25, 0.3) is 0 Å². The van der Waals surface area contributed by atoms with Crippen molar-refractivity contribution in [3.05, 3.63) is 24.7 Å². The predicted molar refractivity (Wildman–Crippen MR) is 97.2 cm³/mol. The molecule has 0 saturated carbocycles. The molecule has 3 rings (SSSR count). The number of anilines is 3. The Morgan fingerprint density at radius 1 is 1.36 bits per heavy atom. The average molecular weight is 397 g/mol. The van der Waals surface area contributed by atoms with Gasteiger partial charge in [0.1, 0.15) is 12.2 Å². The van der Waals surface area contributed by atoms with Crippen molar-refractivity contribution < 1.29 is 18.0 Å². The van der Waals surface area contributed by atoms with Crippen molar-refractivity contribution in [3.8, 4) is 0 Å². The molecule has 1 aliphatic rings. The number of aryl methyl sites for hydroxylation is 1. The van der Waals surface area contributed by atoms with Crippen LogP contribution in [0.3, 0.4) is 0 Å². The largest absolute Gasteiger partial charge is 0.397 e. The number of nitrogens with zero attached hydrogens (tertiary/aromatic N) is 6. The van der Waals surface area contributed by atoms with Gasteiger partial charge in [-0.1, -0.05) is 6.92 Å². The van der Waals surface area contributed by atoms with E-state index in [0.29, 0.717) is 31.3 Å². The summed E-state index contributed by atoms with van der Waals surface area (Å²) < 4.78 is 39.4. The van der Waals surface area contributed by atoms with E-state index < -0.39 is 18.5 Å². The molecule has 0 bridgehead atoms. The van der Waals surface area contributed by atoms with Crippen LogP contribution in [-0.4, -0.2) is 62.4 Å². The summed E-state index contributed by atoms with van der Waals surface area (Å²) in [4.78, 5) is 24.0. The molecule has 0 aliphatic carbocycles. The Hall–Kier alpha value is -2.85. The van der Waals surface area contributed by atoms with Gasteiger partial charge in [-0.2, -0.15) is 23.3 Å². The number of alkyl halides is 3. The molecule has 28 heavy (non-hydrogen) atoms. The maximum Gasteiger partial charge on any atom is 0.397 e. The summed E-state index contributed by atoms with van der Waals surface area (Å²) >= 11 is 0. The number of carbonyl (C=O) groups excluding carboxylic acids is 1. The zero-order valence-corrected chi connectivity index (χ0v) is 15.6. The Labute approximate surface area is 160 Å². The average Bonchev–Trinajstić information content (AvgIpc) is 3.04. The van der Waals surface area contributed by atoms with Crippen LogP contribution in [0, 0.1) is 0 Å². The smallest absolute Gasteiger partial charge is 0.353 e. The van der Waals surface area contributed by atoms with Crippen LogP contribution in [-0.2, 0) is 11.8 Å². The van der Waals surface area contributed by atoms with E-state index in [1.165, 1.54) is 4.90 Å². The summed E-state index contributed by atoms with van der Waals surface area (Å²) in [6.07, 6.45) is -0.306. The van der Waals surface area contributed by atoms with Crippen LogP contribution in [0.5, 0.6) is 0 Å². The second kappa shape index (κ2) is 8.03. The van der Waals surface area contributed by atoms with E-state index in [1.54, 1.807) is 36.4 Å². The van der Waals surface area contributed by atoms with Gasteiger partial charge in [0.05, 0.1) is 11.9 Å². The Balaban J connectivity index is 1.68. The molecule has 2 aromatic rings. The maximum atomic E-state index is 12.6. The number of piperazine rings is 1. The minimum absolute atomic E-state index is 0.225. The molecule has 2 aromatic heterocycles. The van der Waals surface area contributed by atoms with Crippen LogP contribution in [0.2, 0.25) is 0 Å². The third-order valence-corrected chi connectivity index (χ3v) is 4.55. The van der Waals surface area contributed by atoms with Crippen molar-refractivity contribution in [3.63, 3.8) is 0 Å². The van der Waals surface area contributed by atoms with E-state index in [0.717, 1.165) is 5.69 Å². The lowest BCUT2D eigenvalue weighted by molar-refractivity contribution is -0.163. The SMILES string of the molecule is CC[C@@H]1CN(c2ccnc(Nc3cnn(C)c3)n2)CCN1C(=O)CC(F)(F)F. The number of amides is 1. The normalized spacial score (nSPS) is 17.7. The molecule has 1 aliphatic heterocycles. The lowest BCUT2D eigenvalue weighted by atomic mass is 10.1. The first-order valence-electron chi connectivity index (χ1n) is 8.95. The molecule has 0 spiro atoms. The van der Waals surface area contributed by atoms with Gasteiger partial charge in [0.15, 0.2) is 0 Å². The minimum atomic E-state index is -4.49. The Morgan fingerprint density at radius 2 is 2.14 bits per heavy atom. The zero-order valence-electron chi connectivity index (χ0n) is 15.6. The highest BCUT2D eigenvalue weighted by molar-refractivity contribution is 5.77. The van der Waals surface area contributed by atoms with Crippen LogP contribution < -0.4 is 10.2 Å². The zero-order chi connectivity index (χ0) is 20.3. The molecule has 1 N–H and O–H groups in total. The van der Waals surface area contributed by atoms with Gasteiger partial charge in [-0.15, -0.1) is 0 Å². The quantitative estimate of drug-likeness (QED) is 0.834. The van der Waals surface area contributed by atoms with E-state index in [4.69, 9.17) is 0 Å². The summed E-state index contributed by atoms with van der Waals surface area (Å²) in [6.45, 7) is 2.91. The Morgan fingerprint density at radius 3 is 2.79 bits per heavy atom. The fraction of sp³-hybridized carbons (Fsp3) is 0.529. The molecule has 8 nitrogen and oxygen atoms in total. The number of hydrogen-bond donors (Lipinski definition) is 1. The van der Waals surface area contributed by atoms with Gasteiger partial charge in [-0.05, 0) is 12.5 Å². The molecule has 152 valence electrons. The van der Waals surface area contributed by atoms with Gasteiger partial charge in [-0.3, -0.25) is 9.48 Å². The number of hydrogen-bond acceptors (Lipinski definition) is 6. The van der Waals surface area contributed by atoms with Crippen LogP contribution >= 0.6 is 0 Å². The number of carbonyl (C=O) groups is 1. The monoisotopic (exact) mass is 397 g/mol. The van der Waals surface area contributed by atoms with Crippen molar-refractivity contribution in [1.29, 1.82) is 0 Å². The van der Waals surface area contributed by atoms with Crippen molar-refractivity contribution in [2.75, 3.05) is 29.9 Å². The minimum Gasteiger partial charge on any atom is -0.353 e. The fourth-order valence-corrected chi connectivity index (χ4v) is 3.21. The van der Waals surface area contributed by atoms with E-state index in [-0.39, 0.29) is 12.6 Å². The van der Waals surface area contributed by atoms with Crippen molar-refractivity contribution in [2.45, 2.75) is 32.0 Å². The van der Waals surface area contributed by atoms with Crippen LogP contribution in [0.25, 0.3) is 0 Å². The molecule has 1 atom stereocenters. The van der Waals surface area contributed by atoms with Crippen LogP contribution in [0.15, 0.2) is 24.7 Å². The highest BCUT2D eigenvalue weighted by atomic mass is 19.4. The molecular formula is C17H22F3N7O. The van der Waals surface area contributed by atoms with Crippen LogP contribution in [0.1, 0.15) is 19.8 Å². The predicted octanol–water partition coefficient (Wildman–Crippen LogP) is 2.33. The lowest BCUT2D eigenvalue weighted by Gasteiger charge is -2.41. The van der Waals surface area contributed by atoms with Gasteiger partial charge >= 0.3 is 6.18 Å². The maximum absolute atomic E-state index is 12.6. The fourth-order valence-electron chi connectivity index (χ4n) is 3.21. The number of nitrogens with one attached hydrogen (secondary N) is 1. The first-order chi connectivity index (χ1) is 13.2. The van der Waals surface area contributed by atoms with Crippen molar-refractivity contribution in [2.24, 2.45) is 7.05 Å². The summed E-state index contributed by atoms with van der Waals surface area (Å²) in [5, 5.41) is 7.13. The van der Waals surface area contributed by atoms with Gasteiger partial charge < -0.3 is 15.1 Å². The summed E-state index contributed by atoms with van der Waals surface area (Å²) in [6, 6.07) is 1.45. The standard InChI is InChI=1S/C17H22F3N7O/c1-3-13-11-26(6-7-27(13)15(28)8-17(18,19)20)14-4-5-21-16(24-14)23-12-9-22-25(2)10-12/h4-5,9-10,13H,3,6-8,11H2,1-2H3,(H,21,23,24)/t13-/m1/s1. The third-order valence-electron chi connectivity index (χ3n) is 4.55. The summed E-state index contributed by atoms with van der Waals surface area (Å²) in [7, 11) is 1.80. The number of halogens is 3. The highest BCUT2D eigenvalue weighted by Gasteiger charge is 2.37. The molecule has 1 saturated heterocycles. The molecule has 1 fully saturated rings. The van der Waals surface area contributed by atoms with Crippen molar-refractivity contribution >= 4 is 23.4 Å². The Kier molecular flexibility index (Phi) is 5.71. The molecule has 1 amide bonds. The molecular weight excluding hydrogens is 375 g/mol. The first kappa shape index (κ1) is 19.9. The van der Waals surface area contributed by atoms with Crippen molar-refractivity contribution in [1.82, 2.24) is 24.6 Å². The Bertz CT molecular complexity index is 823. The van der Waals surface area contributed by atoms with Gasteiger partial charge in [0, 0.05) is 45.1 Å². The van der Waals surface area contributed by atoms with Crippen LogP contribution in [0.4, 0.5) is 30.6 Å². The van der Waals surface area contributed by atoms with Gasteiger partial charge in [0.2, 0.25) is 11.9 Å². The highest BCUT2D eigenvalue weighted by Crippen LogP contribution is 2.25. The molecule has 0 unspecified atom stereocenters. The number of aromatic nitrogens is 4. The molecule has 3 heterocycles.